The topological polar surface area (TPSA) is 182 Å². The highest BCUT2D eigenvalue weighted by molar-refractivity contribution is 7.92. The van der Waals surface area contributed by atoms with Crippen molar-refractivity contribution in [3.05, 3.63) is 140 Å². The Kier molecular flexibility index (Phi) is 13.2. The quantitative estimate of drug-likeness (QED) is 0.0798. The molecule has 0 spiro atoms. The largest absolute Gasteiger partial charge is 0.493 e. The maximum absolute atomic E-state index is 14.1. The molecule has 0 saturated heterocycles. The summed E-state index contributed by atoms with van der Waals surface area (Å²) < 4.78 is 123. The minimum absolute atomic E-state index is 0.00501. The van der Waals surface area contributed by atoms with E-state index in [1.54, 1.807) is 18.2 Å². The standard InChI is InChI=1S/C41H38F4N6O8S2/c1-24-6-7-26(16-25(24)2)20-50-22-28(9-12-36(50)52)30-18-32(38(42)43)48-40(46-30)60(54,55)14-5-15-61(56,57)41-47-31(19-33(49-41)39(44)45)29-10-13-37(53)51(23-29)21-27-8-11-34(58-3)35(17-27)59-4/h6-13,16-19,22-23,38-39H,5,14-15,20-21H2,1-4H3. The fourth-order valence-electron chi connectivity index (χ4n) is 6.19. The number of aromatic nitrogens is 6. The fraction of sp³-hybridized carbons (Fsp3) is 0.268. The lowest BCUT2D eigenvalue weighted by Gasteiger charge is -2.13. The van der Waals surface area contributed by atoms with E-state index in [1.807, 2.05) is 32.0 Å². The number of alkyl halides is 4. The number of ether oxygens (including phenoxy) is 2. The van der Waals surface area contributed by atoms with Crippen LogP contribution in [0.25, 0.3) is 22.5 Å². The molecule has 0 aliphatic rings. The van der Waals surface area contributed by atoms with Crippen LogP contribution in [0, 0.1) is 13.8 Å². The van der Waals surface area contributed by atoms with E-state index >= 15 is 0 Å². The Labute approximate surface area is 347 Å². The lowest BCUT2D eigenvalue weighted by molar-refractivity contribution is 0.144. The molecule has 0 aliphatic heterocycles. The molecule has 61 heavy (non-hydrogen) atoms. The van der Waals surface area contributed by atoms with Gasteiger partial charge in [0, 0.05) is 35.7 Å². The molecule has 4 aromatic heterocycles. The second kappa shape index (κ2) is 18.1. The highest BCUT2D eigenvalue weighted by Crippen LogP contribution is 2.29. The van der Waals surface area contributed by atoms with Crippen molar-refractivity contribution in [1.29, 1.82) is 0 Å². The molecule has 0 aliphatic carbocycles. The molecule has 0 radical (unpaired) electrons. The summed E-state index contributed by atoms with van der Waals surface area (Å²) in [5.74, 6) is -1.06. The fourth-order valence-corrected chi connectivity index (χ4v) is 8.75. The number of aryl methyl sites for hydroxylation is 2. The van der Waals surface area contributed by atoms with Crippen molar-refractivity contribution in [2.75, 3.05) is 25.7 Å². The normalized spacial score (nSPS) is 12.0. The van der Waals surface area contributed by atoms with Crippen LogP contribution in [0.5, 0.6) is 11.5 Å². The van der Waals surface area contributed by atoms with Crippen LogP contribution < -0.4 is 20.6 Å². The van der Waals surface area contributed by atoms with Crippen LogP contribution >= 0.6 is 0 Å². The zero-order valence-corrected chi connectivity index (χ0v) is 34.7. The van der Waals surface area contributed by atoms with E-state index in [0.717, 1.165) is 34.9 Å². The smallest absolute Gasteiger partial charge is 0.280 e. The Morgan fingerprint density at radius 2 is 1.03 bits per heavy atom. The maximum atomic E-state index is 14.1. The number of halogens is 4. The molecule has 0 unspecified atom stereocenters. The lowest BCUT2D eigenvalue weighted by atomic mass is 10.1. The number of hydrogen-bond acceptors (Lipinski definition) is 12. The van der Waals surface area contributed by atoms with Crippen molar-refractivity contribution in [2.24, 2.45) is 0 Å². The van der Waals surface area contributed by atoms with Crippen LogP contribution in [-0.4, -0.2) is 71.6 Å². The van der Waals surface area contributed by atoms with Gasteiger partial charge in [-0.2, -0.15) is 0 Å². The molecule has 14 nitrogen and oxygen atoms in total. The Hall–Kier alpha value is -6.28. The molecule has 0 bridgehead atoms. The van der Waals surface area contributed by atoms with Gasteiger partial charge in [0.05, 0.1) is 50.2 Å². The van der Waals surface area contributed by atoms with E-state index in [9.17, 15) is 44.0 Å². The Bertz CT molecular complexity index is 2960. The molecule has 6 aromatic rings. The molecule has 0 saturated carbocycles. The Balaban J connectivity index is 1.24. The average Bonchev–Trinajstić information content (AvgIpc) is 3.23. The summed E-state index contributed by atoms with van der Waals surface area (Å²) in [6, 6.07) is 17.2. The van der Waals surface area contributed by atoms with Gasteiger partial charge in [0.15, 0.2) is 11.5 Å². The predicted molar refractivity (Wildman–Crippen MR) is 216 cm³/mol. The average molecular weight is 883 g/mol. The molecule has 6 rings (SSSR count). The van der Waals surface area contributed by atoms with Gasteiger partial charge in [-0.1, -0.05) is 24.3 Å². The maximum Gasteiger partial charge on any atom is 0.280 e. The number of nitrogens with zero attached hydrogens (tertiary/aromatic N) is 6. The predicted octanol–water partition coefficient (Wildman–Crippen LogP) is 6.17. The van der Waals surface area contributed by atoms with Crippen LogP contribution in [-0.2, 0) is 32.8 Å². The van der Waals surface area contributed by atoms with Gasteiger partial charge in [-0.3, -0.25) is 9.59 Å². The Morgan fingerprint density at radius 1 is 0.574 bits per heavy atom. The van der Waals surface area contributed by atoms with Crippen LogP contribution in [0.2, 0.25) is 0 Å². The first-order valence-corrected chi connectivity index (χ1v) is 21.7. The van der Waals surface area contributed by atoms with Gasteiger partial charge in [0.1, 0.15) is 11.4 Å². The first-order chi connectivity index (χ1) is 28.9. The summed E-state index contributed by atoms with van der Waals surface area (Å²) in [4.78, 5) is 40.7. The van der Waals surface area contributed by atoms with Crippen molar-refractivity contribution in [1.82, 2.24) is 29.1 Å². The summed E-state index contributed by atoms with van der Waals surface area (Å²) in [6.07, 6.45) is -4.46. The SMILES string of the molecule is COc1ccc(Cn2cc(-c3cc(C(F)F)nc(S(=O)(=O)CCCS(=O)(=O)c4nc(-c5ccc(=O)n(Cc6ccc(C)c(C)c6)c5)cc(C(F)F)n4)n3)ccc2=O)cc1OC. The third kappa shape index (κ3) is 10.4. The van der Waals surface area contributed by atoms with E-state index in [0.29, 0.717) is 17.1 Å². The lowest BCUT2D eigenvalue weighted by Crippen LogP contribution is -2.20. The number of benzene rings is 2. The number of sulfone groups is 2. The summed E-state index contributed by atoms with van der Waals surface area (Å²) in [7, 11) is -6.39. The molecular weight excluding hydrogens is 845 g/mol. The van der Waals surface area contributed by atoms with Crippen LogP contribution in [0.3, 0.4) is 0 Å². The molecule has 0 fully saturated rings. The molecule has 0 N–H and O–H groups in total. The zero-order valence-electron chi connectivity index (χ0n) is 33.1. The molecular formula is C41H38F4N6O8S2. The summed E-state index contributed by atoms with van der Waals surface area (Å²) >= 11 is 0. The second-order valence-corrected chi connectivity index (χ2v) is 17.9. The van der Waals surface area contributed by atoms with Gasteiger partial charge >= 0.3 is 0 Å². The third-order valence-corrected chi connectivity index (χ3v) is 12.7. The van der Waals surface area contributed by atoms with Crippen molar-refractivity contribution < 1.29 is 43.9 Å². The van der Waals surface area contributed by atoms with E-state index < -0.39 is 83.3 Å². The number of hydrogen-bond donors (Lipinski definition) is 0. The van der Waals surface area contributed by atoms with Gasteiger partial charge < -0.3 is 18.6 Å². The minimum atomic E-state index is -4.65. The third-order valence-electron chi connectivity index (χ3n) is 9.56. The van der Waals surface area contributed by atoms with Crippen molar-refractivity contribution in [2.45, 2.75) is 56.5 Å². The van der Waals surface area contributed by atoms with Crippen molar-refractivity contribution in [3.63, 3.8) is 0 Å². The summed E-state index contributed by atoms with van der Waals surface area (Å²) in [5, 5.41) is -2.03. The summed E-state index contributed by atoms with van der Waals surface area (Å²) in [6.45, 7) is 3.97. The number of rotatable bonds is 16. The summed E-state index contributed by atoms with van der Waals surface area (Å²) in [5.41, 5.74) is 0.412. The van der Waals surface area contributed by atoms with Crippen molar-refractivity contribution >= 4 is 19.7 Å². The van der Waals surface area contributed by atoms with Gasteiger partial charge in [-0.15, -0.1) is 0 Å². The van der Waals surface area contributed by atoms with Gasteiger partial charge in [-0.05, 0) is 78.9 Å². The number of pyridine rings is 2. The van der Waals surface area contributed by atoms with Gasteiger partial charge in [0.25, 0.3) is 24.0 Å². The van der Waals surface area contributed by atoms with E-state index in [4.69, 9.17) is 9.47 Å². The molecule has 2 aromatic carbocycles. The van der Waals surface area contributed by atoms with E-state index in [2.05, 4.69) is 19.9 Å². The highest BCUT2D eigenvalue weighted by Gasteiger charge is 2.27. The Morgan fingerprint density at radius 3 is 1.48 bits per heavy atom. The monoisotopic (exact) mass is 882 g/mol. The highest BCUT2D eigenvalue weighted by atomic mass is 32.2. The molecule has 4 heterocycles. The van der Waals surface area contributed by atoms with E-state index in [1.165, 1.54) is 53.9 Å². The van der Waals surface area contributed by atoms with Crippen LogP contribution in [0.4, 0.5) is 17.6 Å². The minimum Gasteiger partial charge on any atom is -0.493 e. The second-order valence-electron chi connectivity index (χ2n) is 13.9. The molecule has 0 amide bonds. The van der Waals surface area contributed by atoms with Gasteiger partial charge in [0.2, 0.25) is 30.0 Å². The van der Waals surface area contributed by atoms with Gasteiger partial charge in [-0.25, -0.2) is 54.3 Å². The molecule has 0 atom stereocenters. The van der Waals surface area contributed by atoms with Crippen LogP contribution in [0.15, 0.2) is 105 Å². The molecule has 320 valence electrons. The number of methoxy groups -OCH3 is 2. The van der Waals surface area contributed by atoms with Crippen LogP contribution in [0.1, 0.15) is 52.9 Å². The zero-order chi connectivity index (χ0) is 44.2. The first kappa shape index (κ1) is 44.3. The first-order valence-electron chi connectivity index (χ1n) is 18.4. The van der Waals surface area contributed by atoms with E-state index in [-0.39, 0.29) is 35.6 Å². The molecule has 20 heteroatoms. The van der Waals surface area contributed by atoms with Crippen molar-refractivity contribution in [3.8, 4) is 34.0 Å².